The number of methoxy groups -OCH3 is 1. The molecule has 4 heteroatoms. The second-order valence-electron chi connectivity index (χ2n) is 5.18. The van der Waals surface area contributed by atoms with Crippen molar-refractivity contribution in [1.82, 2.24) is 0 Å². The van der Waals surface area contributed by atoms with E-state index in [2.05, 4.69) is 23.9 Å². The van der Waals surface area contributed by atoms with Crippen LogP contribution in [0.15, 0.2) is 42.5 Å². The smallest absolute Gasteiger partial charge is 0.337 e. The van der Waals surface area contributed by atoms with Crippen LogP contribution < -0.4 is 5.32 Å². The highest BCUT2D eigenvalue weighted by atomic mass is 16.5. The summed E-state index contributed by atoms with van der Waals surface area (Å²) < 4.78 is 4.65. The van der Waals surface area contributed by atoms with Crippen LogP contribution in [0.3, 0.4) is 0 Å². The van der Waals surface area contributed by atoms with Crippen LogP contribution in [0.25, 0.3) is 0 Å². The Morgan fingerprint density at radius 2 is 1.43 bits per heavy atom. The minimum Gasteiger partial charge on any atom is -0.465 e. The second kappa shape index (κ2) is 7.58. The van der Waals surface area contributed by atoms with Crippen molar-refractivity contribution in [3.63, 3.8) is 0 Å². The van der Waals surface area contributed by atoms with Crippen LogP contribution >= 0.6 is 0 Å². The lowest BCUT2D eigenvalue weighted by molar-refractivity contribution is 0.0600. The number of aryl methyl sites for hydroxylation is 2. The Labute approximate surface area is 136 Å². The minimum atomic E-state index is -0.415. The molecule has 0 radical (unpaired) electrons. The highest BCUT2D eigenvalue weighted by Gasteiger charge is 2.13. The maximum atomic E-state index is 12.5. The predicted octanol–water partition coefficient (Wildman–Crippen LogP) is 3.85. The van der Waals surface area contributed by atoms with Gasteiger partial charge in [0.25, 0.3) is 5.91 Å². The maximum Gasteiger partial charge on any atom is 0.337 e. The molecule has 1 amide bonds. The standard InChI is InChI=1S/C19H21NO3/c1-4-13-7-6-8-14(5-2)17(13)20-18(21)15-9-11-16(12-10-15)19(22)23-3/h6-12H,4-5H2,1-3H3,(H,20,21). The Balaban J connectivity index is 2.24. The Kier molecular flexibility index (Phi) is 5.52. The topological polar surface area (TPSA) is 55.4 Å². The van der Waals surface area contributed by atoms with Crippen LogP contribution in [0.2, 0.25) is 0 Å². The molecule has 0 fully saturated rings. The monoisotopic (exact) mass is 311 g/mol. The van der Waals surface area contributed by atoms with E-state index < -0.39 is 5.97 Å². The third-order valence-corrected chi connectivity index (χ3v) is 3.81. The molecule has 0 aliphatic rings. The van der Waals surface area contributed by atoms with E-state index in [4.69, 9.17) is 0 Å². The largest absolute Gasteiger partial charge is 0.465 e. The molecule has 120 valence electrons. The molecule has 23 heavy (non-hydrogen) atoms. The fourth-order valence-corrected chi connectivity index (χ4v) is 2.46. The first-order valence-electron chi connectivity index (χ1n) is 7.71. The molecular weight excluding hydrogens is 290 g/mol. The predicted molar refractivity (Wildman–Crippen MR) is 90.9 cm³/mol. The molecule has 0 aliphatic carbocycles. The molecular formula is C19H21NO3. The van der Waals surface area contributed by atoms with Crippen LogP contribution in [0.4, 0.5) is 5.69 Å². The molecule has 0 spiro atoms. The third kappa shape index (κ3) is 3.77. The van der Waals surface area contributed by atoms with Crippen molar-refractivity contribution in [2.45, 2.75) is 26.7 Å². The molecule has 4 nitrogen and oxygen atoms in total. The molecule has 0 saturated heterocycles. The average molecular weight is 311 g/mol. The lowest BCUT2D eigenvalue weighted by Gasteiger charge is -2.14. The van der Waals surface area contributed by atoms with Gasteiger partial charge in [-0.2, -0.15) is 0 Å². The van der Waals surface area contributed by atoms with Gasteiger partial charge in [0.1, 0.15) is 0 Å². The number of anilines is 1. The van der Waals surface area contributed by atoms with Gasteiger partial charge in [-0.25, -0.2) is 4.79 Å². The molecule has 0 saturated carbocycles. The molecule has 0 unspecified atom stereocenters. The summed E-state index contributed by atoms with van der Waals surface area (Å²) >= 11 is 0. The number of para-hydroxylation sites is 1. The first-order valence-corrected chi connectivity index (χ1v) is 7.71. The lowest BCUT2D eigenvalue weighted by atomic mass is 10.0. The number of hydrogen-bond acceptors (Lipinski definition) is 3. The van der Waals surface area contributed by atoms with E-state index in [1.807, 2.05) is 18.2 Å². The van der Waals surface area contributed by atoms with Gasteiger partial charge in [0.2, 0.25) is 0 Å². The van der Waals surface area contributed by atoms with Crippen LogP contribution in [0.1, 0.15) is 45.7 Å². The zero-order chi connectivity index (χ0) is 16.8. The highest BCUT2D eigenvalue weighted by Crippen LogP contribution is 2.23. The van der Waals surface area contributed by atoms with Gasteiger partial charge >= 0.3 is 5.97 Å². The van der Waals surface area contributed by atoms with Gasteiger partial charge < -0.3 is 10.1 Å². The van der Waals surface area contributed by atoms with Gasteiger partial charge in [-0.1, -0.05) is 32.0 Å². The van der Waals surface area contributed by atoms with Crippen molar-refractivity contribution in [2.24, 2.45) is 0 Å². The summed E-state index contributed by atoms with van der Waals surface area (Å²) in [4.78, 5) is 23.9. The summed E-state index contributed by atoms with van der Waals surface area (Å²) in [6, 6.07) is 12.5. The van der Waals surface area contributed by atoms with E-state index in [9.17, 15) is 9.59 Å². The SMILES string of the molecule is CCc1cccc(CC)c1NC(=O)c1ccc(C(=O)OC)cc1. The van der Waals surface area contributed by atoms with Gasteiger partial charge in [0.15, 0.2) is 0 Å². The number of hydrogen-bond donors (Lipinski definition) is 1. The number of amides is 1. The van der Waals surface area contributed by atoms with E-state index in [0.717, 1.165) is 29.7 Å². The lowest BCUT2D eigenvalue weighted by Crippen LogP contribution is -2.15. The van der Waals surface area contributed by atoms with E-state index in [0.29, 0.717) is 11.1 Å². The molecule has 2 aromatic rings. The van der Waals surface area contributed by atoms with E-state index >= 15 is 0 Å². The van der Waals surface area contributed by atoms with Crippen molar-refractivity contribution in [3.8, 4) is 0 Å². The summed E-state index contributed by atoms with van der Waals surface area (Å²) in [5.74, 6) is -0.599. The van der Waals surface area contributed by atoms with Crippen molar-refractivity contribution in [1.29, 1.82) is 0 Å². The Morgan fingerprint density at radius 1 is 0.913 bits per heavy atom. The summed E-state index contributed by atoms with van der Waals surface area (Å²) in [6.45, 7) is 4.13. The van der Waals surface area contributed by atoms with E-state index in [-0.39, 0.29) is 5.91 Å². The van der Waals surface area contributed by atoms with Crippen molar-refractivity contribution in [2.75, 3.05) is 12.4 Å². The summed E-state index contributed by atoms with van der Waals surface area (Å²) in [7, 11) is 1.33. The van der Waals surface area contributed by atoms with E-state index in [1.165, 1.54) is 7.11 Å². The molecule has 0 aliphatic heterocycles. The fraction of sp³-hybridized carbons (Fsp3) is 0.263. The normalized spacial score (nSPS) is 10.2. The van der Waals surface area contributed by atoms with Gasteiger partial charge in [0, 0.05) is 11.3 Å². The molecule has 0 bridgehead atoms. The fourth-order valence-electron chi connectivity index (χ4n) is 2.46. The van der Waals surface area contributed by atoms with E-state index in [1.54, 1.807) is 24.3 Å². The number of nitrogens with one attached hydrogen (secondary N) is 1. The van der Waals surface area contributed by atoms with Crippen LogP contribution in [0.5, 0.6) is 0 Å². The number of rotatable bonds is 5. The number of ether oxygens (including phenoxy) is 1. The number of esters is 1. The second-order valence-corrected chi connectivity index (χ2v) is 5.18. The highest BCUT2D eigenvalue weighted by molar-refractivity contribution is 6.05. The number of benzene rings is 2. The zero-order valence-electron chi connectivity index (χ0n) is 13.7. The third-order valence-electron chi connectivity index (χ3n) is 3.81. The zero-order valence-corrected chi connectivity index (χ0v) is 13.7. The molecule has 0 aromatic heterocycles. The Bertz CT molecular complexity index is 683. The van der Waals surface area contributed by atoms with Gasteiger partial charge in [-0.3, -0.25) is 4.79 Å². The molecule has 0 atom stereocenters. The van der Waals surface area contributed by atoms with Gasteiger partial charge in [0.05, 0.1) is 12.7 Å². The maximum absolute atomic E-state index is 12.5. The van der Waals surface area contributed by atoms with Crippen LogP contribution in [-0.2, 0) is 17.6 Å². The van der Waals surface area contributed by atoms with Gasteiger partial charge in [-0.05, 0) is 48.2 Å². The Hall–Kier alpha value is -2.62. The summed E-state index contributed by atoms with van der Waals surface area (Å²) in [5, 5.41) is 3.00. The Morgan fingerprint density at radius 3 is 1.91 bits per heavy atom. The molecule has 0 heterocycles. The average Bonchev–Trinajstić information content (AvgIpc) is 2.61. The number of carbonyl (C=O) groups is 2. The molecule has 2 aromatic carbocycles. The summed E-state index contributed by atoms with van der Waals surface area (Å²) in [6.07, 6.45) is 1.70. The first-order chi connectivity index (χ1) is 11.1. The number of carbonyl (C=O) groups excluding carboxylic acids is 2. The quantitative estimate of drug-likeness (QED) is 0.853. The van der Waals surface area contributed by atoms with Crippen molar-refractivity contribution in [3.05, 3.63) is 64.7 Å². The van der Waals surface area contributed by atoms with Crippen molar-refractivity contribution < 1.29 is 14.3 Å². The summed E-state index contributed by atoms with van der Waals surface area (Å²) in [5.41, 5.74) is 4.05. The molecule has 2 rings (SSSR count). The van der Waals surface area contributed by atoms with Gasteiger partial charge in [-0.15, -0.1) is 0 Å². The minimum absolute atomic E-state index is 0.183. The first kappa shape index (κ1) is 16.7. The van der Waals surface area contributed by atoms with Crippen LogP contribution in [-0.4, -0.2) is 19.0 Å². The van der Waals surface area contributed by atoms with Crippen molar-refractivity contribution >= 4 is 17.6 Å². The van der Waals surface area contributed by atoms with Crippen LogP contribution in [0, 0.1) is 0 Å². The molecule has 1 N–H and O–H groups in total.